The van der Waals surface area contributed by atoms with Gasteiger partial charge < -0.3 is 15.0 Å². The van der Waals surface area contributed by atoms with Crippen molar-refractivity contribution in [3.8, 4) is 5.75 Å². The molecule has 1 heterocycles. The number of nitro groups is 1. The summed E-state index contributed by atoms with van der Waals surface area (Å²) in [6.45, 7) is 1.16. The summed E-state index contributed by atoms with van der Waals surface area (Å²) in [6.07, 6.45) is 0. The molecule has 0 bridgehead atoms. The van der Waals surface area contributed by atoms with Crippen LogP contribution in [0.5, 0.6) is 5.75 Å². The highest BCUT2D eigenvalue weighted by Gasteiger charge is 2.34. The first-order chi connectivity index (χ1) is 9.09. The summed E-state index contributed by atoms with van der Waals surface area (Å²) in [6, 6.07) is 8.25. The summed E-state index contributed by atoms with van der Waals surface area (Å²) in [4.78, 5) is 23.8. The van der Waals surface area contributed by atoms with Crippen LogP contribution in [0.4, 0.5) is 0 Å². The maximum atomic E-state index is 11.9. The molecule has 0 amide bonds. The van der Waals surface area contributed by atoms with Crippen LogP contribution in [0.15, 0.2) is 41.8 Å². The SMILES string of the molecule is CN1CCN/C1=C(\C(=O)Oc1ccccc1)[N+](=O)[O-]. The van der Waals surface area contributed by atoms with Crippen molar-refractivity contribution < 1.29 is 14.5 Å². The van der Waals surface area contributed by atoms with Gasteiger partial charge in [0.05, 0.1) is 4.92 Å². The number of carbonyl (C=O) groups is 1. The zero-order valence-electron chi connectivity index (χ0n) is 10.3. The van der Waals surface area contributed by atoms with Gasteiger partial charge >= 0.3 is 11.7 Å². The average Bonchev–Trinajstić information content (AvgIpc) is 2.77. The number of hydrogen-bond donors (Lipinski definition) is 1. The van der Waals surface area contributed by atoms with Crippen molar-refractivity contribution in [2.45, 2.75) is 0 Å². The number of rotatable bonds is 3. The molecule has 1 fully saturated rings. The molecule has 1 aromatic rings. The zero-order chi connectivity index (χ0) is 13.8. The minimum Gasteiger partial charge on any atom is -0.418 e. The highest BCUT2D eigenvalue weighted by atomic mass is 16.6. The van der Waals surface area contributed by atoms with Crippen molar-refractivity contribution in [3.05, 3.63) is 52.0 Å². The summed E-state index contributed by atoms with van der Waals surface area (Å²) in [5, 5.41) is 13.9. The lowest BCUT2D eigenvalue weighted by atomic mass is 10.3. The molecule has 2 rings (SSSR count). The minimum atomic E-state index is -0.979. The van der Waals surface area contributed by atoms with E-state index in [-0.39, 0.29) is 11.6 Å². The van der Waals surface area contributed by atoms with Gasteiger partial charge in [-0.15, -0.1) is 0 Å². The predicted molar refractivity (Wildman–Crippen MR) is 66.7 cm³/mol. The van der Waals surface area contributed by atoms with Gasteiger partial charge in [-0.2, -0.15) is 0 Å². The predicted octanol–water partition coefficient (Wildman–Crippen LogP) is 0.573. The van der Waals surface area contributed by atoms with Gasteiger partial charge in [0.15, 0.2) is 5.82 Å². The highest BCUT2D eigenvalue weighted by Crippen LogP contribution is 2.15. The zero-order valence-corrected chi connectivity index (χ0v) is 10.3. The first kappa shape index (κ1) is 12.9. The number of likely N-dealkylation sites (N-methyl/N-ethyl adjacent to an activating group) is 1. The Bertz CT molecular complexity index is 527. The molecule has 0 aromatic heterocycles. The van der Waals surface area contributed by atoms with Gasteiger partial charge in [0.1, 0.15) is 5.75 Å². The molecule has 7 heteroatoms. The van der Waals surface area contributed by atoms with E-state index in [9.17, 15) is 14.9 Å². The van der Waals surface area contributed by atoms with E-state index in [0.717, 1.165) is 0 Å². The second kappa shape index (κ2) is 5.38. The van der Waals surface area contributed by atoms with Gasteiger partial charge in [-0.25, -0.2) is 4.79 Å². The number of benzene rings is 1. The summed E-state index contributed by atoms with van der Waals surface area (Å²) in [5.74, 6) is -0.522. The van der Waals surface area contributed by atoms with E-state index >= 15 is 0 Å². The number of ether oxygens (including phenoxy) is 1. The van der Waals surface area contributed by atoms with Crippen LogP contribution < -0.4 is 10.1 Å². The normalized spacial score (nSPS) is 16.8. The molecule has 1 N–H and O–H groups in total. The van der Waals surface area contributed by atoms with E-state index in [4.69, 9.17) is 4.74 Å². The molecular formula is C12H13N3O4. The van der Waals surface area contributed by atoms with Crippen LogP contribution >= 0.6 is 0 Å². The van der Waals surface area contributed by atoms with Crippen LogP contribution in [0, 0.1) is 10.1 Å². The Kier molecular flexibility index (Phi) is 3.65. The second-order valence-electron chi connectivity index (χ2n) is 4.01. The van der Waals surface area contributed by atoms with Gasteiger partial charge in [-0.1, -0.05) is 18.2 Å². The molecule has 0 atom stereocenters. The maximum absolute atomic E-state index is 11.9. The van der Waals surface area contributed by atoms with Gasteiger partial charge in [0.2, 0.25) is 0 Å². The third kappa shape index (κ3) is 2.82. The molecule has 100 valence electrons. The molecule has 1 aliphatic rings. The molecule has 0 radical (unpaired) electrons. The largest absolute Gasteiger partial charge is 0.419 e. The second-order valence-corrected chi connectivity index (χ2v) is 4.01. The van der Waals surface area contributed by atoms with Gasteiger partial charge in [0.25, 0.3) is 0 Å². The third-order valence-corrected chi connectivity index (χ3v) is 2.68. The van der Waals surface area contributed by atoms with E-state index in [1.165, 1.54) is 0 Å². The van der Waals surface area contributed by atoms with E-state index in [1.54, 1.807) is 42.3 Å². The van der Waals surface area contributed by atoms with Crippen molar-refractivity contribution >= 4 is 5.97 Å². The molecule has 0 saturated carbocycles. The number of nitrogens with one attached hydrogen (secondary N) is 1. The molecule has 7 nitrogen and oxygen atoms in total. The van der Waals surface area contributed by atoms with Crippen LogP contribution in [0.25, 0.3) is 0 Å². The summed E-state index contributed by atoms with van der Waals surface area (Å²) in [5.41, 5.74) is -0.580. The molecule has 0 aliphatic carbocycles. The van der Waals surface area contributed by atoms with Crippen LogP contribution in [-0.2, 0) is 4.79 Å². The van der Waals surface area contributed by atoms with E-state index in [0.29, 0.717) is 13.1 Å². The van der Waals surface area contributed by atoms with E-state index < -0.39 is 16.6 Å². The smallest absolute Gasteiger partial charge is 0.418 e. The molecule has 1 saturated heterocycles. The molecule has 1 aromatic carbocycles. The lowest BCUT2D eigenvalue weighted by Gasteiger charge is -2.11. The fourth-order valence-corrected chi connectivity index (χ4v) is 1.75. The lowest BCUT2D eigenvalue weighted by molar-refractivity contribution is -0.422. The Hall–Kier alpha value is -2.57. The van der Waals surface area contributed by atoms with Crippen molar-refractivity contribution in [2.75, 3.05) is 20.1 Å². The van der Waals surface area contributed by atoms with Crippen LogP contribution in [0.2, 0.25) is 0 Å². The Morgan fingerprint density at radius 3 is 2.63 bits per heavy atom. The summed E-state index contributed by atoms with van der Waals surface area (Å²) < 4.78 is 4.99. The number of para-hydroxylation sites is 1. The van der Waals surface area contributed by atoms with Crippen LogP contribution in [-0.4, -0.2) is 35.9 Å². The first-order valence-electron chi connectivity index (χ1n) is 5.70. The van der Waals surface area contributed by atoms with E-state index in [1.807, 2.05) is 0 Å². The Labute approximate surface area is 109 Å². The number of hydrogen-bond acceptors (Lipinski definition) is 6. The fourth-order valence-electron chi connectivity index (χ4n) is 1.75. The van der Waals surface area contributed by atoms with Crippen LogP contribution in [0.1, 0.15) is 0 Å². The Morgan fingerprint density at radius 2 is 2.11 bits per heavy atom. The average molecular weight is 263 g/mol. The topological polar surface area (TPSA) is 84.7 Å². The van der Waals surface area contributed by atoms with Crippen molar-refractivity contribution in [3.63, 3.8) is 0 Å². The number of esters is 1. The molecule has 0 unspecified atom stereocenters. The number of carbonyl (C=O) groups excluding carboxylic acids is 1. The van der Waals surface area contributed by atoms with Crippen molar-refractivity contribution in [1.82, 2.24) is 10.2 Å². The monoisotopic (exact) mass is 263 g/mol. The van der Waals surface area contributed by atoms with Crippen molar-refractivity contribution in [1.29, 1.82) is 0 Å². The molecular weight excluding hydrogens is 250 g/mol. The lowest BCUT2D eigenvalue weighted by Crippen LogP contribution is -2.27. The van der Waals surface area contributed by atoms with E-state index in [2.05, 4.69) is 5.32 Å². The van der Waals surface area contributed by atoms with Crippen molar-refractivity contribution in [2.24, 2.45) is 0 Å². The first-order valence-corrected chi connectivity index (χ1v) is 5.70. The standard InChI is InChI=1S/C12H13N3O4/c1-14-8-7-13-11(14)10(15(17)18)12(16)19-9-5-3-2-4-6-9/h2-6,13H,7-8H2,1H3/b11-10-. The van der Waals surface area contributed by atoms with Crippen LogP contribution in [0.3, 0.4) is 0 Å². The molecule has 19 heavy (non-hydrogen) atoms. The Morgan fingerprint density at radius 1 is 1.42 bits per heavy atom. The maximum Gasteiger partial charge on any atom is 0.419 e. The molecule has 1 aliphatic heterocycles. The van der Waals surface area contributed by atoms with Gasteiger partial charge in [-0.3, -0.25) is 10.1 Å². The van der Waals surface area contributed by atoms with Gasteiger partial charge in [0, 0.05) is 20.1 Å². The van der Waals surface area contributed by atoms with Gasteiger partial charge in [-0.05, 0) is 12.1 Å². The third-order valence-electron chi connectivity index (χ3n) is 2.68. The quantitative estimate of drug-likeness (QED) is 0.282. The Balaban J connectivity index is 2.26. The highest BCUT2D eigenvalue weighted by molar-refractivity contribution is 5.88. The fraction of sp³-hybridized carbons (Fsp3) is 0.250. The number of nitrogens with zero attached hydrogens (tertiary/aromatic N) is 2. The summed E-state index contributed by atoms with van der Waals surface area (Å²) in [7, 11) is 1.68. The minimum absolute atomic E-state index is 0.186. The summed E-state index contributed by atoms with van der Waals surface area (Å²) >= 11 is 0. The molecule has 0 spiro atoms.